The van der Waals surface area contributed by atoms with Gasteiger partial charge in [0.25, 0.3) is 0 Å². The van der Waals surface area contributed by atoms with Crippen molar-refractivity contribution in [1.82, 2.24) is 10.2 Å². The average Bonchev–Trinajstić information content (AvgIpc) is 2.72. The number of nitrogens with one attached hydrogen (secondary N) is 1. The van der Waals surface area contributed by atoms with Crippen LogP contribution in [-0.4, -0.2) is 35.1 Å². The van der Waals surface area contributed by atoms with E-state index in [1.165, 1.54) is 11.8 Å². The Bertz CT molecular complexity index is 797. The highest BCUT2D eigenvalue weighted by atomic mass is 35.5. The van der Waals surface area contributed by atoms with Gasteiger partial charge in [0.2, 0.25) is 11.8 Å². The van der Waals surface area contributed by atoms with Crippen molar-refractivity contribution in [1.29, 1.82) is 0 Å². The summed E-state index contributed by atoms with van der Waals surface area (Å²) in [5.74, 6) is 0.524. The maximum atomic E-state index is 13.0. The Labute approximate surface area is 187 Å². The Morgan fingerprint density at radius 1 is 1.07 bits per heavy atom. The molecule has 2 amide bonds. The fourth-order valence-electron chi connectivity index (χ4n) is 2.75. The minimum atomic E-state index is -0.557. The molecule has 4 nitrogen and oxygen atoms in total. The largest absolute Gasteiger partial charge is 0.354 e. The highest BCUT2D eigenvalue weighted by Crippen LogP contribution is 2.28. The van der Waals surface area contributed by atoms with E-state index in [-0.39, 0.29) is 17.6 Å². The molecule has 0 heterocycles. The number of amides is 2. The molecular formula is C22H26Cl2N2O2S. The van der Waals surface area contributed by atoms with Gasteiger partial charge in [-0.3, -0.25) is 9.59 Å². The normalized spacial score (nSPS) is 11.7. The van der Waals surface area contributed by atoms with Gasteiger partial charge < -0.3 is 10.2 Å². The molecule has 0 saturated heterocycles. The lowest BCUT2D eigenvalue weighted by atomic mass is 10.1. The monoisotopic (exact) mass is 452 g/mol. The second-order valence-corrected chi connectivity index (χ2v) is 8.47. The Morgan fingerprint density at radius 2 is 1.72 bits per heavy atom. The molecule has 1 N–H and O–H groups in total. The number of thioether (sulfide) groups is 1. The van der Waals surface area contributed by atoms with Gasteiger partial charge in [-0.15, -0.1) is 11.8 Å². The van der Waals surface area contributed by atoms with E-state index in [2.05, 4.69) is 5.32 Å². The van der Waals surface area contributed by atoms with Gasteiger partial charge in [-0.25, -0.2) is 0 Å². The molecule has 0 spiro atoms. The van der Waals surface area contributed by atoms with E-state index in [1.54, 1.807) is 30.0 Å². The van der Waals surface area contributed by atoms with E-state index >= 15 is 0 Å². The summed E-state index contributed by atoms with van der Waals surface area (Å²) < 4.78 is 0. The number of carbonyl (C=O) groups is 2. The predicted molar refractivity (Wildman–Crippen MR) is 122 cm³/mol. The van der Waals surface area contributed by atoms with Gasteiger partial charge in [0.05, 0.1) is 5.75 Å². The summed E-state index contributed by atoms with van der Waals surface area (Å²) >= 11 is 13.9. The van der Waals surface area contributed by atoms with Crippen molar-refractivity contribution in [3.63, 3.8) is 0 Å². The Hall–Kier alpha value is -1.69. The van der Waals surface area contributed by atoms with Crippen LogP contribution in [0.1, 0.15) is 31.4 Å². The van der Waals surface area contributed by atoms with Crippen LogP contribution in [0.4, 0.5) is 0 Å². The van der Waals surface area contributed by atoms with Crippen LogP contribution in [0, 0.1) is 0 Å². The van der Waals surface area contributed by atoms with Crippen molar-refractivity contribution in [2.75, 3.05) is 12.3 Å². The zero-order valence-electron chi connectivity index (χ0n) is 16.7. The molecular weight excluding hydrogens is 427 g/mol. The lowest BCUT2D eigenvalue weighted by Crippen LogP contribution is -2.48. The molecule has 0 aromatic heterocycles. The van der Waals surface area contributed by atoms with Crippen LogP contribution in [-0.2, 0) is 21.9 Å². The van der Waals surface area contributed by atoms with E-state index in [0.717, 1.165) is 17.5 Å². The summed E-state index contributed by atoms with van der Waals surface area (Å²) in [6.07, 6.45) is 0.847. The first-order valence-corrected chi connectivity index (χ1v) is 11.5. The van der Waals surface area contributed by atoms with E-state index < -0.39 is 6.04 Å². The van der Waals surface area contributed by atoms with E-state index in [1.807, 2.05) is 37.3 Å². The SMILES string of the molecule is CCCNC(=O)C(C)N(Cc1ccccc1)C(=O)CSCc1c(Cl)cccc1Cl. The first-order chi connectivity index (χ1) is 13.9. The van der Waals surface area contributed by atoms with Crippen LogP contribution in [0.5, 0.6) is 0 Å². The van der Waals surface area contributed by atoms with Gasteiger partial charge >= 0.3 is 0 Å². The Morgan fingerprint density at radius 3 is 2.34 bits per heavy atom. The zero-order chi connectivity index (χ0) is 21.2. The molecule has 7 heteroatoms. The fraction of sp³-hybridized carbons (Fsp3) is 0.364. The third kappa shape index (κ3) is 7.25. The topological polar surface area (TPSA) is 49.4 Å². The van der Waals surface area contributed by atoms with Gasteiger partial charge in [0.15, 0.2) is 0 Å². The molecule has 0 radical (unpaired) electrons. The number of benzene rings is 2. The molecule has 156 valence electrons. The van der Waals surface area contributed by atoms with Gasteiger partial charge in [0.1, 0.15) is 6.04 Å². The fourth-order valence-corrected chi connectivity index (χ4v) is 4.40. The molecule has 0 aliphatic carbocycles. The lowest BCUT2D eigenvalue weighted by Gasteiger charge is -2.28. The number of carbonyl (C=O) groups excluding carboxylic acids is 2. The van der Waals surface area contributed by atoms with Crippen LogP contribution < -0.4 is 5.32 Å². The highest BCUT2D eigenvalue weighted by molar-refractivity contribution is 7.99. The van der Waals surface area contributed by atoms with Gasteiger partial charge in [-0.05, 0) is 36.6 Å². The van der Waals surface area contributed by atoms with Crippen LogP contribution >= 0.6 is 35.0 Å². The summed E-state index contributed by atoms with van der Waals surface area (Å²) in [5.41, 5.74) is 1.80. The zero-order valence-corrected chi connectivity index (χ0v) is 19.0. The molecule has 0 saturated carbocycles. The summed E-state index contributed by atoms with van der Waals surface area (Å²) in [7, 11) is 0. The van der Waals surface area contributed by atoms with Crippen molar-refractivity contribution >= 4 is 46.8 Å². The number of hydrogen-bond donors (Lipinski definition) is 1. The van der Waals surface area contributed by atoms with E-state index in [9.17, 15) is 9.59 Å². The third-order valence-electron chi connectivity index (χ3n) is 4.45. The quantitative estimate of drug-likeness (QED) is 0.540. The molecule has 29 heavy (non-hydrogen) atoms. The van der Waals surface area contributed by atoms with Crippen molar-refractivity contribution in [3.8, 4) is 0 Å². The number of nitrogens with zero attached hydrogens (tertiary/aromatic N) is 1. The predicted octanol–water partition coefficient (Wildman–Crippen LogP) is 5.17. The maximum Gasteiger partial charge on any atom is 0.242 e. The number of hydrogen-bond acceptors (Lipinski definition) is 3. The molecule has 2 aromatic rings. The summed E-state index contributed by atoms with van der Waals surface area (Å²) in [5, 5.41) is 4.05. The molecule has 2 rings (SSSR count). The number of rotatable bonds is 10. The standard InChI is InChI=1S/C22H26Cl2N2O2S/c1-3-12-25-22(28)16(2)26(13-17-8-5-4-6-9-17)21(27)15-29-14-18-19(23)10-7-11-20(18)24/h4-11,16H,3,12-15H2,1-2H3,(H,25,28). The molecule has 1 atom stereocenters. The number of halogens is 2. The van der Waals surface area contributed by atoms with Crippen LogP contribution in [0.15, 0.2) is 48.5 Å². The van der Waals surface area contributed by atoms with E-state index in [0.29, 0.717) is 28.9 Å². The molecule has 0 aliphatic heterocycles. The van der Waals surface area contributed by atoms with Crippen LogP contribution in [0.25, 0.3) is 0 Å². The first kappa shape index (κ1) is 23.6. The Balaban J connectivity index is 2.06. The summed E-state index contributed by atoms with van der Waals surface area (Å²) in [4.78, 5) is 27.1. The smallest absolute Gasteiger partial charge is 0.242 e. The Kier molecular flexibility index (Phi) is 9.85. The van der Waals surface area contributed by atoms with E-state index in [4.69, 9.17) is 23.2 Å². The second-order valence-electron chi connectivity index (χ2n) is 6.67. The van der Waals surface area contributed by atoms with Crippen molar-refractivity contribution in [3.05, 3.63) is 69.7 Å². The summed E-state index contributed by atoms with van der Waals surface area (Å²) in [6.45, 7) is 4.74. The van der Waals surface area contributed by atoms with Crippen molar-refractivity contribution < 1.29 is 9.59 Å². The van der Waals surface area contributed by atoms with Crippen LogP contribution in [0.2, 0.25) is 10.0 Å². The van der Waals surface area contributed by atoms with Gasteiger partial charge in [-0.2, -0.15) is 0 Å². The molecule has 1 unspecified atom stereocenters. The minimum Gasteiger partial charge on any atom is -0.354 e. The first-order valence-electron chi connectivity index (χ1n) is 9.55. The molecule has 0 fully saturated rings. The van der Waals surface area contributed by atoms with Crippen molar-refractivity contribution in [2.24, 2.45) is 0 Å². The van der Waals surface area contributed by atoms with Gasteiger partial charge in [0, 0.05) is 28.9 Å². The third-order valence-corrected chi connectivity index (χ3v) is 6.10. The van der Waals surface area contributed by atoms with Gasteiger partial charge in [-0.1, -0.05) is 66.5 Å². The lowest BCUT2D eigenvalue weighted by molar-refractivity contribution is -0.138. The minimum absolute atomic E-state index is 0.0961. The summed E-state index contributed by atoms with van der Waals surface area (Å²) in [6, 6.07) is 14.5. The average molecular weight is 453 g/mol. The molecule has 0 aliphatic rings. The van der Waals surface area contributed by atoms with Crippen molar-refractivity contribution in [2.45, 2.75) is 38.6 Å². The maximum absolute atomic E-state index is 13.0. The van der Waals surface area contributed by atoms with Crippen LogP contribution in [0.3, 0.4) is 0 Å². The second kappa shape index (κ2) is 12.1. The highest BCUT2D eigenvalue weighted by Gasteiger charge is 2.25. The molecule has 2 aromatic carbocycles. The molecule has 0 bridgehead atoms.